The highest BCUT2D eigenvalue weighted by molar-refractivity contribution is 5.10. The zero-order valence-electron chi connectivity index (χ0n) is 13.1. The van der Waals surface area contributed by atoms with Gasteiger partial charge in [-0.1, -0.05) is 0 Å². The predicted octanol–water partition coefficient (Wildman–Crippen LogP) is 7.20. The van der Waals surface area contributed by atoms with Gasteiger partial charge < -0.3 is 0 Å². The van der Waals surface area contributed by atoms with Gasteiger partial charge in [0.15, 0.2) is 0 Å². The van der Waals surface area contributed by atoms with E-state index in [1.807, 2.05) is 0 Å². The van der Waals surface area contributed by atoms with Crippen LogP contribution in [0.1, 0.15) is 12.8 Å². The SMILES string of the molecule is F[C](F)C(F)(F)C(F)(F)CCC(F)(F)C(F)(F)C(F)(F)C(F)(F)C(F)(F)C(F)(F)F. The first-order valence-electron chi connectivity index (χ1n) is 6.55. The van der Waals surface area contributed by atoms with E-state index in [1.54, 1.807) is 0 Å². The Balaban J connectivity index is 6.10. The molecule has 0 amide bonds. The third-order valence-electron chi connectivity index (χ3n) is 3.45. The van der Waals surface area contributed by atoms with Crippen LogP contribution in [0.15, 0.2) is 0 Å². The number of alkyl halides is 17. The number of hydrogen-bond donors (Lipinski definition) is 0. The molecule has 0 aromatic heterocycles. The van der Waals surface area contributed by atoms with Crippen LogP contribution in [-0.4, -0.2) is 47.6 Å². The van der Waals surface area contributed by atoms with Crippen LogP contribution < -0.4 is 0 Å². The zero-order chi connectivity index (χ0) is 25.0. The van der Waals surface area contributed by atoms with Crippen molar-refractivity contribution >= 4 is 0 Å². The number of halogens is 19. The van der Waals surface area contributed by atoms with Crippen LogP contribution in [0.25, 0.3) is 0 Å². The minimum atomic E-state index is -8.31. The summed E-state index contributed by atoms with van der Waals surface area (Å²) in [5.41, 5.74) is 0. The highest BCUT2D eigenvalue weighted by atomic mass is 19.4. The first kappa shape index (κ1) is 28.7. The Morgan fingerprint density at radius 2 is 0.700 bits per heavy atom. The molecule has 19 heteroatoms. The molecule has 0 unspecified atom stereocenters. The van der Waals surface area contributed by atoms with Crippen LogP contribution in [0.4, 0.5) is 83.4 Å². The summed E-state index contributed by atoms with van der Waals surface area (Å²) in [4.78, 5) is 0. The van der Waals surface area contributed by atoms with Gasteiger partial charge in [-0.3, -0.25) is 0 Å². The van der Waals surface area contributed by atoms with Crippen molar-refractivity contribution in [3.63, 3.8) is 0 Å². The van der Waals surface area contributed by atoms with Crippen LogP contribution in [0.5, 0.6) is 0 Å². The molecule has 0 fully saturated rings. The second kappa shape index (κ2) is 7.37. The van der Waals surface area contributed by atoms with Crippen LogP contribution in [-0.2, 0) is 0 Å². The highest BCUT2D eigenvalue weighted by Gasteiger charge is 2.90. The fraction of sp³-hybridized carbons (Fsp3) is 0.909. The third kappa shape index (κ3) is 4.08. The van der Waals surface area contributed by atoms with Gasteiger partial charge in [0.1, 0.15) is 0 Å². The van der Waals surface area contributed by atoms with Gasteiger partial charge in [-0.15, -0.1) is 0 Å². The zero-order valence-corrected chi connectivity index (χ0v) is 13.1. The molecule has 0 rings (SSSR count). The van der Waals surface area contributed by atoms with Crippen LogP contribution in [0.2, 0.25) is 0 Å². The maximum Gasteiger partial charge on any atom is 0.460 e. The van der Waals surface area contributed by atoms with Crippen molar-refractivity contribution in [1.82, 2.24) is 0 Å². The van der Waals surface area contributed by atoms with Crippen molar-refractivity contribution in [2.24, 2.45) is 0 Å². The molecule has 0 nitrogen and oxygen atoms in total. The Morgan fingerprint density at radius 3 is 1.00 bits per heavy atom. The summed E-state index contributed by atoms with van der Waals surface area (Å²) in [6.07, 6.45) is -19.4. The Labute approximate surface area is 152 Å². The topological polar surface area (TPSA) is 0 Å². The minimum Gasteiger partial charge on any atom is -0.200 e. The summed E-state index contributed by atoms with van der Waals surface area (Å²) in [5.74, 6) is -52.7. The van der Waals surface area contributed by atoms with E-state index in [1.165, 1.54) is 0 Å². The van der Waals surface area contributed by atoms with Gasteiger partial charge in [-0.2, -0.15) is 83.4 Å². The van der Waals surface area contributed by atoms with Crippen molar-refractivity contribution in [1.29, 1.82) is 0 Å². The fourth-order valence-corrected chi connectivity index (χ4v) is 1.57. The molecule has 0 saturated carbocycles. The molecular formula is C11H4F19. The van der Waals surface area contributed by atoms with Crippen LogP contribution in [0.3, 0.4) is 0 Å². The van der Waals surface area contributed by atoms with Gasteiger partial charge >= 0.3 is 54.1 Å². The molecule has 0 aromatic rings. The largest absolute Gasteiger partial charge is 0.460 e. The normalized spacial score (nSPS) is 16.4. The third-order valence-corrected chi connectivity index (χ3v) is 3.45. The van der Waals surface area contributed by atoms with Crippen molar-refractivity contribution < 1.29 is 83.4 Å². The molecule has 0 aliphatic heterocycles. The molecule has 0 atom stereocenters. The lowest BCUT2D eigenvalue weighted by molar-refractivity contribution is -0.440. The van der Waals surface area contributed by atoms with E-state index < -0.39 is 66.9 Å². The average molecular weight is 497 g/mol. The minimum absolute atomic E-state index is 3.53. The van der Waals surface area contributed by atoms with Crippen molar-refractivity contribution in [2.45, 2.75) is 60.5 Å². The lowest BCUT2D eigenvalue weighted by Crippen LogP contribution is -2.70. The molecule has 1 radical (unpaired) electrons. The Hall–Kier alpha value is -1.33. The van der Waals surface area contributed by atoms with E-state index >= 15 is 0 Å². The van der Waals surface area contributed by atoms with E-state index in [-0.39, 0.29) is 0 Å². The quantitative estimate of drug-likeness (QED) is 0.296. The second-order valence-electron chi connectivity index (χ2n) is 5.54. The molecule has 0 spiro atoms. The lowest BCUT2D eigenvalue weighted by Gasteiger charge is -2.40. The van der Waals surface area contributed by atoms with Crippen LogP contribution in [0, 0.1) is 6.43 Å². The summed E-state index contributed by atoms with van der Waals surface area (Å²) in [7, 11) is 0. The van der Waals surface area contributed by atoms with Crippen molar-refractivity contribution in [3.8, 4) is 0 Å². The maximum absolute atomic E-state index is 13.2. The summed E-state index contributed by atoms with van der Waals surface area (Å²) < 4.78 is 239. The van der Waals surface area contributed by atoms with Crippen molar-refractivity contribution in [3.05, 3.63) is 6.43 Å². The van der Waals surface area contributed by atoms with Gasteiger partial charge in [0.05, 0.1) is 0 Å². The Bertz CT molecular complexity index is 596. The lowest BCUT2D eigenvalue weighted by atomic mass is 9.90. The molecule has 0 aromatic carbocycles. The summed E-state index contributed by atoms with van der Waals surface area (Å²) in [6, 6.07) is 0. The average Bonchev–Trinajstić information content (AvgIpc) is 2.50. The highest BCUT2D eigenvalue weighted by Crippen LogP contribution is 2.61. The number of rotatable bonds is 9. The van der Waals surface area contributed by atoms with E-state index in [4.69, 9.17) is 0 Å². The fourth-order valence-electron chi connectivity index (χ4n) is 1.57. The Morgan fingerprint density at radius 1 is 0.400 bits per heavy atom. The second-order valence-corrected chi connectivity index (χ2v) is 5.54. The van der Waals surface area contributed by atoms with Gasteiger partial charge in [0.2, 0.25) is 0 Å². The standard InChI is InChI=1S/C11H4F19/c12-3(13)6(18,19)4(14,15)1-2-5(16,17)7(20,21)8(22,23)9(24,25)10(26,27)11(28,29)30/h1-2H2. The molecule has 0 aliphatic carbocycles. The summed E-state index contributed by atoms with van der Waals surface area (Å²) in [6.45, 7) is 0. The van der Waals surface area contributed by atoms with E-state index in [0.717, 1.165) is 0 Å². The molecule has 181 valence electrons. The van der Waals surface area contributed by atoms with Gasteiger partial charge in [-0.25, -0.2) is 0 Å². The first-order chi connectivity index (χ1) is 12.7. The molecule has 0 saturated heterocycles. The van der Waals surface area contributed by atoms with E-state index in [9.17, 15) is 83.4 Å². The summed E-state index contributed by atoms with van der Waals surface area (Å²) >= 11 is 0. The molecule has 30 heavy (non-hydrogen) atoms. The van der Waals surface area contributed by atoms with Crippen LogP contribution >= 0.6 is 0 Å². The monoisotopic (exact) mass is 497 g/mol. The predicted molar refractivity (Wildman–Crippen MR) is 55.4 cm³/mol. The van der Waals surface area contributed by atoms with E-state index in [2.05, 4.69) is 0 Å². The van der Waals surface area contributed by atoms with Crippen molar-refractivity contribution in [2.75, 3.05) is 0 Å². The molecular weight excluding hydrogens is 493 g/mol. The molecule has 0 bridgehead atoms. The maximum atomic E-state index is 13.2. The van der Waals surface area contributed by atoms with Gasteiger partial charge in [-0.05, 0) is 0 Å². The van der Waals surface area contributed by atoms with E-state index in [0.29, 0.717) is 0 Å². The number of hydrogen-bond acceptors (Lipinski definition) is 0. The molecule has 0 N–H and O–H groups in total. The molecule has 0 aliphatic rings. The molecule has 0 heterocycles. The van der Waals surface area contributed by atoms with Gasteiger partial charge in [0.25, 0.3) is 0 Å². The Kier molecular flexibility index (Phi) is 7.05. The first-order valence-corrected chi connectivity index (χ1v) is 6.55. The summed E-state index contributed by atoms with van der Waals surface area (Å²) in [5, 5.41) is 0. The smallest absolute Gasteiger partial charge is 0.200 e. The van der Waals surface area contributed by atoms with Gasteiger partial charge in [0, 0.05) is 12.8 Å².